The van der Waals surface area contributed by atoms with Gasteiger partial charge in [-0.3, -0.25) is 10.1 Å². The zero-order valence-electron chi connectivity index (χ0n) is 17.2. The Bertz CT molecular complexity index is 1240. The summed E-state index contributed by atoms with van der Waals surface area (Å²) in [6.07, 6.45) is 1.66. The van der Waals surface area contributed by atoms with Gasteiger partial charge in [0.1, 0.15) is 11.6 Å². The van der Waals surface area contributed by atoms with Crippen LogP contribution in [0.15, 0.2) is 52.7 Å². The second-order valence-corrected chi connectivity index (χ2v) is 10.5. The van der Waals surface area contributed by atoms with Crippen LogP contribution in [0.3, 0.4) is 0 Å². The predicted octanol–water partition coefficient (Wildman–Crippen LogP) is 4.76. The molecule has 0 aliphatic carbocycles. The first-order valence-electron chi connectivity index (χ1n) is 10.1. The largest absolute Gasteiger partial charge is 0.298 e. The molecule has 0 spiro atoms. The monoisotopic (exact) mass is 477 g/mol. The van der Waals surface area contributed by atoms with Crippen molar-refractivity contribution in [1.82, 2.24) is 9.29 Å². The first kappa shape index (κ1) is 22.5. The summed E-state index contributed by atoms with van der Waals surface area (Å²) in [6, 6.07) is 8.93. The molecule has 0 radical (unpaired) electrons. The topological polar surface area (TPSA) is 79.4 Å². The maximum Gasteiger partial charge on any atom is 0.257 e. The van der Waals surface area contributed by atoms with E-state index < -0.39 is 27.6 Å². The summed E-state index contributed by atoms with van der Waals surface area (Å²) in [6.45, 7) is 3.10. The van der Waals surface area contributed by atoms with Gasteiger partial charge in [0.25, 0.3) is 5.91 Å². The van der Waals surface area contributed by atoms with Crippen LogP contribution in [0.5, 0.6) is 0 Å². The van der Waals surface area contributed by atoms with E-state index in [1.54, 1.807) is 5.38 Å². The SMILES string of the molecule is CC1CCN(S(=O)(=O)c2ccc(C(=O)Nc3nc(-c4ccc(F)cc4F)cs3)cc2)CC1. The fraction of sp³-hybridized carbons (Fsp3) is 0.273. The minimum Gasteiger partial charge on any atom is -0.298 e. The molecule has 168 valence electrons. The van der Waals surface area contributed by atoms with Crippen LogP contribution in [0.2, 0.25) is 0 Å². The maximum atomic E-state index is 13.9. The Hall–Kier alpha value is -2.69. The predicted molar refractivity (Wildman–Crippen MR) is 119 cm³/mol. The molecule has 1 aromatic heterocycles. The number of hydrogen-bond acceptors (Lipinski definition) is 5. The lowest BCUT2D eigenvalue weighted by Gasteiger charge is -2.29. The van der Waals surface area contributed by atoms with Crippen molar-refractivity contribution < 1.29 is 22.0 Å². The molecule has 0 bridgehead atoms. The molecule has 1 N–H and O–H groups in total. The van der Waals surface area contributed by atoms with Crippen LogP contribution in [0.1, 0.15) is 30.1 Å². The van der Waals surface area contributed by atoms with Gasteiger partial charge in [-0.2, -0.15) is 4.31 Å². The highest BCUT2D eigenvalue weighted by Gasteiger charge is 2.28. The van der Waals surface area contributed by atoms with Crippen LogP contribution in [-0.4, -0.2) is 36.7 Å². The number of aromatic nitrogens is 1. The van der Waals surface area contributed by atoms with Gasteiger partial charge in [0.15, 0.2) is 5.13 Å². The van der Waals surface area contributed by atoms with Crippen LogP contribution in [-0.2, 0) is 10.0 Å². The van der Waals surface area contributed by atoms with E-state index >= 15 is 0 Å². The lowest BCUT2D eigenvalue weighted by Crippen LogP contribution is -2.37. The van der Waals surface area contributed by atoms with Gasteiger partial charge in [-0.25, -0.2) is 22.2 Å². The lowest BCUT2D eigenvalue weighted by atomic mass is 10.0. The molecule has 3 aromatic rings. The summed E-state index contributed by atoms with van der Waals surface area (Å²) >= 11 is 1.10. The van der Waals surface area contributed by atoms with Crippen molar-refractivity contribution in [2.75, 3.05) is 18.4 Å². The Morgan fingerprint density at radius 3 is 2.47 bits per heavy atom. The number of sulfonamides is 1. The van der Waals surface area contributed by atoms with Gasteiger partial charge in [-0.05, 0) is 55.2 Å². The Kier molecular flexibility index (Phi) is 6.36. The highest BCUT2D eigenvalue weighted by molar-refractivity contribution is 7.89. The Labute approximate surface area is 189 Å². The first-order chi connectivity index (χ1) is 15.2. The van der Waals surface area contributed by atoms with Gasteiger partial charge in [0, 0.05) is 35.7 Å². The third-order valence-electron chi connectivity index (χ3n) is 5.43. The van der Waals surface area contributed by atoms with E-state index in [-0.39, 0.29) is 26.8 Å². The molecule has 6 nitrogen and oxygen atoms in total. The van der Waals surface area contributed by atoms with Gasteiger partial charge in [0.05, 0.1) is 10.6 Å². The average Bonchev–Trinajstić information content (AvgIpc) is 3.22. The number of piperidine rings is 1. The number of anilines is 1. The first-order valence-corrected chi connectivity index (χ1v) is 12.4. The van der Waals surface area contributed by atoms with Crippen LogP contribution in [0.25, 0.3) is 11.3 Å². The number of rotatable bonds is 5. The molecule has 1 aliphatic heterocycles. The smallest absolute Gasteiger partial charge is 0.257 e. The van der Waals surface area contributed by atoms with Crippen LogP contribution < -0.4 is 5.32 Å². The molecule has 32 heavy (non-hydrogen) atoms. The number of thiazole rings is 1. The lowest BCUT2D eigenvalue weighted by molar-refractivity contribution is 0.102. The molecule has 10 heteroatoms. The number of nitrogens with one attached hydrogen (secondary N) is 1. The molecule has 2 heterocycles. The highest BCUT2D eigenvalue weighted by atomic mass is 32.2. The van der Waals surface area contributed by atoms with E-state index in [2.05, 4.69) is 17.2 Å². The summed E-state index contributed by atoms with van der Waals surface area (Å²) < 4.78 is 54.2. The Morgan fingerprint density at radius 2 is 1.81 bits per heavy atom. The fourth-order valence-corrected chi connectivity index (χ4v) is 5.65. The van der Waals surface area contributed by atoms with E-state index in [4.69, 9.17) is 0 Å². The fourth-order valence-electron chi connectivity index (χ4n) is 3.47. The number of amides is 1. The van der Waals surface area contributed by atoms with Crippen LogP contribution in [0.4, 0.5) is 13.9 Å². The second-order valence-electron chi connectivity index (χ2n) is 7.73. The minimum absolute atomic E-state index is 0.129. The zero-order chi connectivity index (χ0) is 22.9. The summed E-state index contributed by atoms with van der Waals surface area (Å²) in [5, 5.41) is 4.42. The molecule has 1 aliphatic rings. The number of nitrogens with zero attached hydrogens (tertiary/aromatic N) is 2. The van der Waals surface area contributed by atoms with Crippen molar-refractivity contribution in [3.05, 3.63) is 65.0 Å². The number of carbonyl (C=O) groups is 1. The van der Waals surface area contributed by atoms with Crippen molar-refractivity contribution in [2.24, 2.45) is 5.92 Å². The standard InChI is InChI=1S/C22H21F2N3O3S2/c1-14-8-10-27(11-9-14)32(29,30)17-5-2-15(3-6-17)21(28)26-22-25-20(13-31-22)18-7-4-16(23)12-19(18)24/h2-7,12-14H,8-11H2,1H3,(H,25,26,28). The summed E-state index contributed by atoms with van der Waals surface area (Å²) in [5.41, 5.74) is 0.672. The molecule has 1 amide bonds. The van der Waals surface area contributed by atoms with E-state index in [9.17, 15) is 22.0 Å². The normalized spacial score (nSPS) is 15.6. The molecular formula is C22H21F2N3O3S2. The highest BCUT2D eigenvalue weighted by Crippen LogP contribution is 2.28. The van der Waals surface area contributed by atoms with Gasteiger partial charge >= 0.3 is 0 Å². The van der Waals surface area contributed by atoms with E-state index in [1.807, 2.05) is 0 Å². The van der Waals surface area contributed by atoms with Gasteiger partial charge in [-0.1, -0.05) is 6.92 Å². The number of carbonyl (C=O) groups excluding carboxylic acids is 1. The van der Waals surface area contributed by atoms with Gasteiger partial charge in [0.2, 0.25) is 10.0 Å². The second kappa shape index (κ2) is 9.05. The van der Waals surface area contributed by atoms with E-state index in [0.717, 1.165) is 36.3 Å². The van der Waals surface area contributed by atoms with Crippen molar-refractivity contribution in [1.29, 1.82) is 0 Å². The third kappa shape index (κ3) is 4.72. The average molecular weight is 478 g/mol. The maximum absolute atomic E-state index is 13.9. The van der Waals surface area contributed by atoms with Crippen molar-refractivity contribution in [3.63, 3.8) is 0 Å². The van der Waals surface area contributed by atoms with Crippen molar-refractivity contribution in [3.8, 4) is 11.3 Å². The molecule has 1 saturated heterocycles. The Balaban J connectivity index is 1.45. The third-order valence-corrected chi connectivity index (χ3v) is 8.10. The van der Waals surface area contributed by atoms with Crippen molar-refractivity contribution in [2.45, 2.75) is 24.7 Å². The molecular weight excluding hydrogens is 456 g/mol. The molecule has 0 atom stereocenters. The molecule has 4 rings (SSSR count). The molecule has 2 aromatic carbocycles. The molecule has 1 fully saturated rings. The number of benzene rings is 2. The summed E-state index contributed by atoms with van der Waals surface area (Å²) in [5.74, 6) is -1.39. The van der Waals surface area contributed by atoms with Gasteiger partial charge in [-0.15, -0.1) is 11.3 Å². The summed E-state index contributed by atoms with van der Waals surface area (Å²) in [7, 11) is -3.59. The van der Waals surface area contributed by atoms with E-state index in [1.165, 1.54) is 34.6 Å². The molecule has 0 saturated carbocycles. The Morgan fingerprint density at radius 1 is 1.12 bits per heavy atom. The number of hydrogen-bond donors (Lipinski definition) is 1. The number of halogens is 2. The van der Waals surface area contributed by atoms with Crippen LogP contribution in [0, 0.1) is 17.6 Å². The zero-order valence-corrected chi connectivity index (χ0v) is 18.8. The quantitative estimate of drug-likeness (QED) is 0.575. The van der Waals surface area contributed by atoms with E-state index in [0.29, 0.717) is 19.0 Å². The summed E-state index contributed by atoms with van der Waals surface area (Å²) in [4.78, 5) is 16.9. The van der Waals surface area contributed by atoms with Gasteiger partial charge < -0.3 is 0 Å². The van der Waals surface area contributed by atoms with Crippen molar-refractivity contribution >= 4 is 32.4 Å². The minimum atomic E-state index is -3.59. The van der Waals surface area contributed by atoms with Crippen LogP contribution >= 0.6 is 11.3 Å². The molecule has 0 unspecified atom stereocenters.